The SMILES string of the molecule is COc1cccc(OC)c1NC(=O)Nc1ccc(-n2c(C)nc3ccccc3c2=O)cc1. The number of ether oxygens (including phenoxy) is 2. The Kier molecular flexibility index (Phi) is 5.76. The minimum Gasteiger partial charge on any atom is -0.494 e. The van der Waals surface area contributed by atoms with Gasteiger partial charge in [-0.15, -0.1) is 0 Å². The van der Waals surface area contributed by atoms with Gasteiger partial charge in [0.2, 0.25) is 0 Å². The van der Waals surface area contributed by atoms with E-state index < -0.39 is 6.03 Å². The highest BCUT2D eigenvalue weighted by Gasteiger charge is 2.14. The molecule has 32 heavy (non-hydrogen) atoms. The van der Waals surface area contributed by atoms with E-state index in [2.05, 4.69) is 15.6 Å². The number of carbonyl (C=O) groups is 1. The molecule has 4 aromatic rings. The summed E-state index contributed by atoms with van der Waals surface area (Å²) in [6.45, 7) is 1.79. The molecule has 0 aliphatic carbocycles. The molecule has 4 rings (SSSR count). The number of methoxy groups -OCH3 is 2. The molecule has 2 amide bonds. The van der Waals surface area contributed by atoms with Gasteiger partial charge in [-0.25, -0.2) is 9.78 Å². The van der Waals surface area contributed by atoms with Crippen molar-refractivity contribution in [3.8, 4) is 17.2 Å². The number of fused-ring (bicyclic) bond motifs is 1. The summed E-state index contributed by atoms with van der Waals surface area (Å²) in [5.41, 5.74) is 2.15. The summed E-state index contributed by atoms with van der Waals surface area (Å²) >= 11 is 0. The second kappa shape index (κ2) is 8.81. The monoisotopic (exact) mass is 430 g/mol. The van der Waals surface area contributed by atoms with Gasteiger partial charge < -0.3 is 20.1 Å². The Morgan fingerprint density at radius 3 is 2.19 bits per heavy atom. The van der Waals surface area contributed by atoms with Crippen LogP contribution >= 0.6 is 0 Å². The summed E-state index contributed by atoms with van der Waals surface area (Å²) in [6, 6.07) is 18.9. The molecule has 0 bridgehead atoms. The van der Waals surface area contributed by atoms with Crippen LogP contribution in [0.2, 0.25) is 0 Å². The lowest BCUT2D eigenvalue weighted by Gasteiger charge is -2.15. The zero-order chi connectivity index (χ0) is 22.7. The van der Waals surface area contributed by atoms with Crippen LogP contribution in [-0.4, -0.2) is 29.8 Å². The summed E-state index contributed by atoms with van der Waals surface area (Å²) in [5, 5.41) is 6.06. The Morgan fingerprint density at radius 1 is 0.875 bits per heavy atom. The van der Waals surface area contributed by atoms with E-state index in [1.807, 2.05) is 18.2 Å². The molecule has 2 N–H and O–H groups in total. The van der Waals surface area contributed by atoms with Crippen LogP contribution in [0.25, 0.3) is 16.6 Å². The van der Waals surface area contributed by atoms with Crippen LogP contribution in [0.4, 0.5) is 16.2 Å². The number of para-hydroxylation sites is 2. The minimum atomic E-state index is -0.457. The maximum atomic E-state index is 13.0. The molecule has 0 saturated heterocycles. The second-order valence-electron chi connectivity index (χ2n) is 6.98. The standard InChI is InChI=1S/C24H22N4O4/c1-15-25-19-8-5-4-7-18(19)23(29)28(15)17-13-11-16(12-14-17)26-24(30)27-22-20(31-2)9-6-10-21(22)32-3/h4-14H,1-3H3,(H2,26,27,30). The van der Waals surface area contributed by atoms with E-state index in [1.165, 1.54) is 14.2 Å². The fraction of sp³-hybridized carbons (Fsp3) is 0.125. The first-order valence-corrected chi connectivity index (χ1v) is 9.89. The Labute approximate surface area is 184 Å². The number of nitrogens with one attached hydrogen (secondary N) is 2. The first-order chi connectivity index (χ1) is 15.5. The predicted molar refractivity (Wildman–Crippen MR) is 124 cm³/mol. The zero-order valence-corrected chi connectivity index (χ0v) is 17.9. The Morgan fingerprint density at radius 2 is 1.53 bits per heavy atom. The lowest BCUT2D eigenvalue weighted by molar-refractivity contribution is 0.262. The average molecular weight is 430 g/mol. The number of hydrogen-bond donors (Lipinski definition) is 2. The quantitative estimate of drug-likeness (QED) is 0.491. The molecule has 0 atom stereocenters. The van der Waals surface area contributed by atoms with Crippen LogP contribution in [-0.2, 0) is 0 Å². The van der Waals surface area contributed by atoms with Crippen molar-refractivity contribution in [2.45, 2.75) is 6.92 Å². The lowest BCUT2D eigenvalue weighted by Crippen LogP contribution is -2.22. The number of anilines is 2. The molecule has 8 nitrogen and oxygen atoms in total. The molecule has 0 radical (unpaired) electrons. The van der Waals surface area contributed by atoms with Crippen LogP contribution in [0.3, 0.4) is 0 Å². The minimum absolute atomic E-state index is 0.144. The van der Waals surface area contributed by atoms with Crippen molar-refractivity contribution in [2.75, 3.05) is 24.9 Å². The van der Waals surface area contributed by atoms with Gasteiger partial charge in [-0.1, -0.05) is 18.2 Å². The number of rotatable bonds is 5. The third-order valence-electron chi connectivity index (χ3n) is 4.99. The number of aryl methyl sites for hydroxylation is 1. The molecule has 0 aliphatic heterocycles. The van der Waals surface area contributed by atoms with Crippen LogP contribution in [0, 0.1) is 6.92 Å². The molecule has 0 saturated carbocycles. The molecule has 0 unspecified atom stereocenters. The largest absolute Gasteiger partial charge is 0.494 e. The van der Waals surface area contributed by atoms with Crippen LogP contribution in [0.15, 0.2) is 71.5 Å². The number of amides is 2. The van der Waals surface area contributed by atoms with Gasteiger partial charge in [-0.2, -0.15) is 0 Å². The summed E-state index contributed by atoms with van der Waals surface area (Å²) < 4.78 is 12.1. The first-order valence-electron chi connectivity index (χ1n) is 9.89. The third-order valence-corrected chi connectivity index (χ3v) is 4.99. The van der Waals surface area contributed by atoms with Gasteiger partial charge in [0.25, 0.3) is 5.56 Å². The van der Waals surface area contributed by atoms with E-state index in [-0.39, 0.29) is 5.56 Å². The third kappa shape index (κ3) is 3.98. The predicted octanol–water partition coefficient (Wildman–Crippen LogP) is 4.36. The fourth-order valence-electron chi connectivity index (χ4n) is 3.49. The van der Waals surface area contributed by atoms with E-state index in [9.17, 15) is 9.59 Å². The Balaban J connectivity index is 1.56. The van der Waals surface area contributed by atoms with E-state index in [0.717, 1.165) is 0 Å². The lowest BCUT2D eigenvalue weighted by atomic mass is 10.2. The Hall–Kier alpha value is -4.33. The van der Waals surface area contributed by atoms with Gasteiger partial charge in [-0.3, -0.25) is 9.36 Å². The van der Waals surface area contributed by atoms with Gasteiger partial charge >= 0.3 is 6.03 Å². The first kappa shape index (κ1) is 20.9. The van der Waals surface area contributed by atoms with Crippen molar-refractivity contribution < 1.29 is 14.3 Å². The molecule has 0 spiro atoms. The molecule has 0 fully saturated rings. The zero-order valence-electron chi connectivity index (χ0n) is 17.9. The summed E-state index contributed by atoms with van der Waals surface area (Å²) in [7, 11) is 3.03. The van der Waals surface area contributed by atoms with E-state index in [1.54, 1.807) is 60.0 Å². The average Bonchev–Trinajstić information content (AvgIpc) is 2.80. The summed E-state index contributed by atoms with van der Waals surface area (Å²) in [6.07, 6.45) is 0. The summed E-state index contributed by atoms with van der Waals surface area (Å²) in [4.78, 5) is 30.0. The van der Waals surface area contributed by atoms with Gasteiger partial charge in [0.05, 0.1) is 30.8 Å². The number of aromatic nitrogens is 2. The Bertz CT molecular complexity index is 1320. The molecule has 1 heterocycles. The van der Waals surface area contributed by atoms with Crippen LogP contribution in [0.1, 0.15) is 5.82 Å². The summed E-state index contributed by atoms with van der Waals surface area (Å²) in [5.74, 6) is 1.54. The van der Waals surface area contributed by atoms with Crippen molar-refractivity contribution in [3.05, 3.63) is 82.9 Å². The maximum Gasteiger partial charge on any atom is 0.323 e. The topological polar surface area (TPSA) is 94.5 Å². The highest BCUT2D eigenvalue weighted by Crippen LogP contribution is 2.34. The van der Waals surface area contributed by atoms with Gasteiger partial charge in [0, 0.05) is 5.69 Å². The van der Waals surface area contributed by atoms with Crippen molar-refractivity contribution >= 4 is 28.3 Å². The number of hydrogen-bond acceptors (Lipinski definition) is 5. The fourth-order valence-corrected chi connectivity index (χ4v) is 3.49. The smallest absolute Gasteiger partial charge is 0.323 e. The number of nitrogens with zero attached hydrogens (tertiary/aromatic N) is 2. The van der Waals surface area contributed by atoms with Crippen molar-refractivity contribution in [1.82, 2.24) is 9.55 Å². The maximum absolute atomic E-state index is 13.0. The normalized spacial score (nSPS) is 10.6. The number of benzene rings is 3. The second-order valence-corrected chi connectivity index (χ2v) is 6.98. The van der Waals surface area contributed by atoms with Gasteiger partial charge in [-0.05, 0) is 55.5 Å². The van der Waals surface area contributed by atoms with Gasteiger partial charge in [0.15, 0.2) is 0 Å². The van der Waals surface area contributed by atoms with E-state index in [4.69, 9.17) is 9.47 Å². The van der Waals surface area contributed by atoms with Crippen molar-refractivity contribution in [2.24, 2.45) is 0 Å². The molecule has 3 aromatic carbocycles. The molecule has 1 aromatic heterocycles. The number of carbonyl (C=O) groups excluding carboxylic acids is 1. The molecule has 8 heteroatoms. The molecular formula is C24H22N4O4. The van der Waals surface area contributed by atoms with E-state index in [0.29, 0.717) is 45.3 Å². The molecular weight excluding hydrogens is 408 g/mol. The molecule has 162 valence electrons. The van der Waals surface area contributed by atoms with Crippen molar-refractivity contribution in [1.29, 1.82) is 0 Å². The highest BCUT2D eigenvalue weighted by atomic mass is 16.5. The number of urea groups is 1. The highest BCUT2D eigenvalue weighted by molar-refractivity contribution is 6.01. The van der Waals surface area contributed by atoms with E-state index >= 15 is 0 Å². The van der Waals surface area contributed by atoms with Crippen LogP contribution < -0.4 is 25.7 Å². The van der Waals surface area contributed by atoms with Crippen molar-refractivity contribution in [3.63, 3.8) is 0 Å². The van der Waals surface area contributed by atoms with Crippen LogP contribution in [0.5, 0.6) is 11.5 Å². The molecule has 0 aliphatic rings. The van der Waals surface area contributed by atoms with Gasteiger partial charge in [0.1, 0.15) is 23.0 Å².